The lowest BCUT2D eigenvalue weighted by Gasteiger charge is -2.32. The quantitative estimate of drug-likeness (QED) is 0.526. The van der Waals surface area contributed by atoms with E-state index in [0.717, 1.165) is 24.0 Å². The largest absolute Gasteiger partial charge is 0.481 e. The maximum absolute atomic E-state index is 13.0. The van der Waals surface area contributed by atoms with Crippen molar-refractivity contribution in [3.63, 3.8) is 0 Å². The fourth-order valence-corrected chi connectivity index (χ4v) is 5.34. The molecule has 1 saturated heterocycles. The van der Waals surface area contributed by atoms with Gasteiger partial charge in [-0.05, 0) is 43.0 Å². The Hall–Kier alpha value is -2.42. The molecule has 156 valence electrons. The monoisotopic (exact) mass is 443 g/mol. The van der Waals surface area contributed by atoms with E-state index >= 15 is 0 Å². The molecular weight excluding hydrogens is 422 g/mol. The number of carbonyl (C=O) groups is 2. The number of hydrogen-bond donors (Lipinski definition) is 2. The third-order valence-corrected chi connectivity index (χ3v) is 6.81. The molecule has 0 radical (unpaired) electrons. The van der Waals surface area contributed by atoms with Gasteiger partial charge in [-0.3, -0.25) is 14.5 Å². The number of carboxylic acid groups (broad SMARTS) is 1. The van der Waals surface area contributed by atoms with Crippen LogP contribution in [-0.4, -0.2) is 37.4 Å². The first-order chi connectivity index (χ1) is 14.5. The van der Waals surface area contributed by atoms with Gasteiger partial charge in [-0.2, -0.15) is 0 Å². The molecule has 2 heterocycles. The summed E-state index contributed by atoms with van der Waals surface area (Å²) in [5, 5.41) is 18.6. The molecule has 0 spiro atoms. The molecule has 0 bridgehead atoms. The predicted octanol–water partition coefficient (Wildman–Crippen LogP) is 4.28. The molecule has 2 aliphatic rings. The van der Waals surface area contributed by atoms with Crippen LogP contribution in [0.5, 0.6) is 0 Å². The standard InChI is InChI=1S/C22H21NO5S2/c24-12-13-3-1-4-14(9-13)18-8-7-17(28-18)11-19-20(25)23(22(29)30-19)16-6-2-5-15(10-16)21(26)27/h1,3-4,7-9,11,15-16,24H,2,5-6,10,12H2,(H,26,27). The first-order valence-electron chi connectivity index (χ1n) is 9.76. The first-order valence-corrected chi connectivity index (χ1v) is 11.0. The number of rotatable bonds is 5. The summed E-state index contributed by atoms with van der Waals surface area (Å²) in [6.45, 7) is -0.0478. The van der Waals surface area contributed by atoms with Gasteiger partial charge in [-0.15, -0.1) is 0 Å². The van der Waals surface area contributed by atoms with Crippen molar-refractivity contribution in [2.45, 2.75) is 38.3 Å². The third-order valence-electron chi connectivity index (χ3n) is 5.48. The Labute approximate surface area is 183 Å². The van der Waals surface area contributed by atoms with Gasteiger partial charge in [-0.25, -0.2) is 0 Å². The normalized spacial score (nSPS) is 23.4. The zero-order valence-electron chi connectivity index (χ0n) is 16.1. The fraction of sp³-hybridized carbons (Fsp3) is 0.318. The number of thiocarbonyl (C=S) groups is 1. The van der Waals surface area contributed by atoms with Gasteiger partial charge in [0.15, 0.2) is 0 Å². The SMILES string of the molecule is O=C(O)C1CCCC(N2C(=O)C(=Cc3ccc(-c4cccc(CO)c4)o3)SC2=S)C1. The number of carbonyl (C=O) groups excluding carboxylic acids is 1. The van der Waals surface area contributed by atoms with Crippen LogP contribution in [0.1, 0.15) is 37.0 Å². The summed E-state index contributed by atoms with van der Waals surface area (Å²) in [6.07, 6.45) is 4.28. The average Bonchev–Trinajstić information content (AvgIpc) is 3.32. The van der Waals surface area contributed by atoms with Crippen molar-refractivity contribution < 1.29 is 24.2 Å². The Bertz CT molecular complexity index is 1030. The molecule has 8 heteroatoms. The third kappa shape index (κ3) is 4.21. The number of thioether (sulfide) groups is 1. The van der Waals surface area contributed by atoms with E-state index in [1.165, 1.54) is 11.8 Å². The lowest BCUT2D eigenvalue weighted by molar-refractivity contribution is -0.144. The van der Waals surface area contributed by atoms with Crippen molar-refractivity contribution in [1.82, 2.24) is 4.90 Å². The van der Waals surface area contributed by atoms with Gasteiger partial charge < -0.3 is 14.6 Å². The van der Waals surface area contributed by atoms with Crippen LogP contribution in [0.25, 0.3) is 17.4 Å². The molecule has 1 amide bonds. The van der Waals surface area contributed by atoms with Crippen LogP contribution in [0, 0.1) is 5.92 Å². The van der Waals surface area contributed by atoms with Crippen LogP contribution in [0.2, 0.25) is 0 Å². The number of amides is 1. The Morgan fingerprint density at radius 1 is 1.30 bits per heavy atom. The Morgan fingerprint density at radius 3 is 2.90 bits per heavy atom. The van der Waals surface area contributed by atoms with Crippen molar-refractivity contribution in [2.24, 2.45) is 5.92 Å². The number of benzene rings is 1. The molecule has 4 rings (SSSR count). The van der Waals surface area contributed by atoms with E-state index in [1.54, 1.807) is 17.0 Å². The predicted molar refractivity (Wildman–Crippen MR) is 118 cm³/mol. The van der Waals surface area contributed by atoms with Gasteiger partial charge in [0, 0.05) is 17.7 Å². The summed E-state index contributed by atoms with van der Waals surface area (Å²) in [5.41, 5.74) is 1.63. The van der Waals surface area contributed by atoms with Gasteiger partial charge in [-0.1, -0.05) is 48.6 Å². The molecule has 30 heavy (non-hydrogen) atoms. The summed E-state index contributed by atoms with van der Waals surface area (Å²) in [4.78, 5) is 26.4. The second-order valence-electron chi connectivity index (χ2n) is 7.47. The highest BCUT2D eigenvalue weighted by atomic mass is 32.2. The highest BCUT2D eigenvalue weighted by Gasteiger charge is 2.40. The summed E-state index contributed by atoms with van der Waals surface area (Å²) in [7, 11) is 0. The van der Waals surface area contributed by atoms with Crippen molar-refractivity contribution in [2.75, 3.05) is 0 Å². The van der Waals surface area contributed by atoms with E-state index in [-0.39, 0.29) is 18.6 Å². The number of aliphatic hydroxyl groups is 1. The van der Waals surface area contributed by atoms with Gasteiger partial charge in [0.25, 0.3) is 5.91 Å². The summed E-state index contributed by atoms with van der Waals surface area (Å²) < 4.78 is 6.34. The summed E-state index contributed by atoms with van der Waals surface area (Å²) >= 11 is 6.65. The minimum absolute atomic E-state index is 0.0478. The summed E-state index contributed by atoms with van der Waals surface area (Å²) in [6, 6.07) is 10.9. The van der Waals surface area contributed by atoms with Crippen molar-refractivity contribution in [1.29, 1.82) is 0 Å². The molecule has 1 aliphatic heterocycles. The lowest BCUT2D eigenvalue weighted by Crippen LogP contribution is -2.42. The smallest absolute Gasteiger partial charge is 0.306 e. The number of aliphatic carboxylic acids is 1. The Balaban J connectivity index is 1.52. The van der Waals surface area contributed by atoms with Crippen molar-refractivity contribution in [3.05, 3.63) is 52.6 Å². The van der Waals surface area contributed by atoms with Gasteiger partial charge in [0.2, 0.25) is 0 Å². The van der Waals surface area contributed by atoms with E-state index in [1.807, 2.05) is 30.3 Å². The van der Waals surface area contributed by atoms with Crippen LogP contribution in [-0.2, 0) is 16.2 Å². The molecule has 2 N–H and O–H groups in total. The van der Waals surface area contributed by atoms with Crippen molar-refractivity contribution >= 4 is 46.3 Å². The highest BCUT2D eigenvalue weighted by molar-refractivity contribution is 8.26. The lowest BCUT2D eigenvalue weighted by atomic mass is 9.85. The molecule has 1 saturated carbocycles. The molecular formula is C22H21NO5S2. The number of hydrogen-bond acceptors (Lipinski definition) is 6. The summed E-state index contributed by atoms with van der Waals surface area (Å²) in [5.74, 6) is -0.259. The molecule has 2 aromatic rings. The highest BCUT2D eigenvalue weighted by Crippen LogP contribution is 2.39. The molecule has 1 aromatic carbocycles. The molecule has 1 aromatic heterocycles. The topological polar surface area (TPSA) is 91.0 Å². The van der Waals surface area contributed by atoms with Crippen LogP contribution < -0.4 is 0 Å². The molecule has 2 fully saturated rings. The van der Waals surface area contributed by atoms with Crippen molar-refractivity contribution in [3.8, 4) is 11.3 Å². The molecule has 2 unspecified atom stereocenters. The molecule has 1 aliphatic carbocycles. The van der Waals surface area contributed by atoms with Gasteiger partial charge in [0.05, 0.1) is 17.4 Å². The maximum atomic E-state index is 13.0. The van der Waals surface area contributed by atoms with Crippen LogP contribution >= 0.6 is 24.0 Å². The van der Waals surface area contributed by atoms with Crippen LogP contribution in [0.15, 0.2) is 45.7 Å². The van der Waals surface area contributed by atoms with E-state index in [2.05, 4.69) is 0 Å². The van der Waals surface area contributed by atoms with Gasteiger partial charge in [0.1, 0.15) is 15.8 Å². The van der Waals surface area contributed by atoms with E-state index in [9.17, 15) is 19.8 Å². The second-order valence-corrected chi connectivity index (χ2v) is 9.14. The van der Waals surface area contributed by atoms with Crippen LogP contribution in [0.3, 0.4) is 0 Å². The minimum Gasteiger partial charge on any atom is -0.481 e. The van der Waals surface area contributed by atoms with E-state index in [4.69, 9.17) is 16.6 Å². The van der Waals surface area contributed by atoms with E-state index < -0.39 is 11.9 Å². The number of carboxylic acids is 1. The minimum atomic E-state index is -0.811. The number of nitrogens with zero attached hydrogens (tertiary/aromatic N) is 1. The molecule has 2 atom stereocenters. The van der Waals surface area contributed by atoms with Gasteiger partial charge >= 0.3 is 5.97 Å². The Kier molecular flexibility index (Phi) is 6.08. The Morgan fingerprint density at radius 2 is 2.13 bits per heavy atom. The number of aliphatic hydroxyl groups excluding tert-OH is 1. The molecule has 6 nitrogen and oxygen atoms in total. The second kappa shape index (κ2) is 8.75. The van der Waals surface area contributed by atoms with Crippen LogP contribution in [0.4, 0.5) is 0 Å². The zero-order valence-corrected chi connectivity index (χ0v) is 17.7. The van der Waals surface area contributed by atoms with E-state index in [0.29, 0.717) is 33.6 Å². The maximum Gasteiger partial charge on any atom is 0.306 e. The average molecular weight is 444 g/mol. The first kappa shape index (κ1) is 20.8. The fourth-order valence-electron chi connectivity index (χ4n) is 3.96. The number of furan rings is 1. The zero-order chi connectivity index (χ0) is 21.3.